The van der Waals surface area contributed by atoms with E-state index >= 15 is 0 Å². The maximum absolute atomic E-state index is 2.36. The molecule has 0 saturated heterocycles. The van der Waals surface area contributed by atoms with Gasteiger partial charge in [-0.1, -0.05) is 32.6 Å². The summed E-state index contributed by atoms with van der Waals surface area (Å²) in [5.41, 5.74) is 0. The average molecular weight is 611 g/mol. The first kappa shape index (κ1) is 42.4. The number of hydrogen-bond acceptors (Lipinski definition) is 0. The van der Waals surface area contributed by atoms with Crippen LogP contribution >= 0.6 is 7.26 Å². The molecule has 0 aromatic heterocycles. The normalized spacial score (nSPS) is 12.4. The molecule has 0 atom stereocenters. The van der Waals surface area contributed by atoms with E-state index in [1.165, 1.54) is 186 Å². The summed E-state index contributed by atoms with van der Waals surface area (Å²) in [6.45, 7) is 9.39. The van der Waals surface area contributed by atoms with Crippen LogP contribution in [0.5, 0.6) is 0 Å². The van der Waals surface area contributed by atoms with Crippen molar-refractivity contribution in [3.8, 4) is 0 Å². The van der Waals surface area contributed by atoms with Crippen LogP contribution in [-0.4, -0.2) is 24.6 Å². The molecule has 0 bridgehead atoms. The summed E-state index contributed by atoms with van der Waals surface area (Å²) in [5, 5.41) is 0. The van der Waals surface area contributed by atoms with Crippen LogP contribution in [0.3, 0.4) is 0 Å². The molecule has 0 aliphatic rings. The van der Waals surface area contributed by atoms with E-state index in [1.54, 1.807) is 50.3 Å². The summed E-state index contributed by atoms with van der Waals surface area (Å²) in [6, 6.07) is 0. The van der Waals surface area contributed by atoms with Crippen molar-refractivity contribution in [2.75, 3.05) is 24.6 Å². The molecule has 0 aliphatic heterocycles. The zero-order valence-corrected chi connectivity index (χ0v) is 31.7. The van der Waals surface area contributed by atoms with Gasteiger partial charge in [-0.3, -0.25) is 0 Å². The van der Waals surface area contributed by atoms with E-state index in [1.807, 2.05) is 0 Å². The van der Waals surface area contributed by atoms with Crippen LogP contribution in [0.15, 0.2) is 0 Å². The Hall–Kier alpha value is 0.430. The first-order chi connectivity index (χ1) is 20.7. The van der Waals surface area contributed by atoms with Gasteiger partial charge in [-0.05, 0) is 0 Å². The molecule has 0 rings (SSSR count). The third-order valence-electron chi connectivity index (χ3n) is 10.5. The molecule has 0 unspecified atom stereocenters. The molecule has 0 aromatic carbocycles. The predicted octanol–water partition coefficient (Wildman–Crippen LogP) is 15.7. The Balaban J connectivity index is 4.49. The van der Waals surface area contributed by atoms with Gasteiger partial charge in [0.25, 0.3) is 0 Å². The summed E-state index contributed by atoms with van der Waals surface area (Å²) in [4.78, 5) is 0. The minimum absolute atomic E-state index is 1.11. The first-order valence-electron chi connectivity index (χ1n) is 20.7. The Bertz CT molecular complexity index is 431. The zero-order chi connectivity index (χ0) is 30.7. The molecule has 0 saturated carbocycles. The molecule has 0 heterocycles. The van der Waals surface area contributed by atoms with Crippen LogP contribution in [0.25, 0.3) is 0 Å². The molecule has 0 nitrogen and oxygen atoms in total. The van der Waals surface area contributed by atoms with Crippen molar-refractivity contribution in [1.82, 2.24) is 0 Å². The summed E-state index contributed by atoms with van der Waals surface area (Å²) in [5.74, 6) is 0. The van der Waals surface area contributed by atoms with Gasteiger partial charge in [0.05, 0.1) is 0 Å². The Morgan fingerprint density at radius 2 is 0.333 bits per heavy atom. The fourth-order valence-corrected chi connectivity index (χ4v) is 13.0. The minimum atomic E-state index is -1.11. The van der Waals surface area contributed by atoms with Gasteiger partial charge in [-0.25, -0.2) is 0 Å². The topological polar surface area (TPSA) is 0 Å². The third-order valence-corrected chi connectivity index (χ3v) is 16.1. The Morgan fingerprint density at radius 1 is 0.190 bits per heavy atom. The van der Waals surface area contributed by atoms with Crippen molar-refractivity contribution in [3.05, 3.63) is 0 Å². The molecule has 42 heavy (non-hydrogen) atoms. The fraction of sp³-hybridized carbons (Fsp3) is 1.00. The van der Waals surface area contributed by atoms with Crippen molar-refractivity contribution in [2.45, 2.75) is 240 Å². The van der Waals surface area contributed by atoms with Gasteiger partial charge in [0.2, 0.25) is 0 Å². The van der Waals surface area contributed by atoms with Crippen molar-refractivity contribution >= 4 is 7.26 Å². The second-order valence-electron chi connectivity index (χ2n) is 14.8. The van der Waals surface area contributed by atoms with Crippen LogP contribution < -0.4 is 0 Å². The Morgan fingerprint density at radius 3 is 0.500 bits per heavy atom. The molecular formula is C41H87P. The van der Waals surface area contributed by atoms with Gasteiger partial charge in [-0.2, -0.15) is 0 Å². The monoisotopic (exact) mass is 611 g/mol. The van der Waals surface area contributed by atoms with Gasteiger partial charge >= 0.3 is 239 Å². The molecule has 0 N–H and O–H groups in total. The molecule has 0 aromatic rings. The van der Waals surface area contributed by atoms with Crippen molar-refractivity contribution in [1.29, 1.82) is 0 Å². The second kappa shape index (κ2) is 35.9. The molecule has 0 spiro atoms. The molecule has 0 aliphatic carbocycles. The Kier molecular flexibility index (Phi) is 36.3. The molecule has 0 amide bonds. The fourth-order valence-electron chi connectivity index (χ4n) is 7.46. The van der Waals surface area contributed by atoms with Gasteiger partial charge < -0.3 is 0 Å². The SMILES string of the molecule is CCCCCCCCCCCCCCCCC[PH](CCCCCCCC)(CCCCCCCC)CCCCCCCC. The van der Waals surface area contributed by atoms with Crippen molar-refractivity contribution in [2.24, 2.45) is 0 Å². The van der Waals surface area contributed by atoms with Crippen molar-refractivity contribution < 1.29 is 0 Å². The second-order valence-corrected chi connectivity index (χ2v) is 19.8. The van der Waals surface area contributed by atoms with Crippen LogP contribution in [0.4, 0.5) is 0 Å². The van der Waals surface area contributed by atoms with Crippen LogP contribution in [0.1, 0.15) is 240 Å². The predicted molar refractivity (Wildman–Crippen MR) is 203 cm³/mol. The van der Waals surface area contributed by atoms with Gasteiger partial charge in [0.1, 0.15) is 0 Å². The average Bonchev–Trinajstić information content (AvgIpc) is 3.00. The molecule has 256 valence electrons. The van der Waals surface area contributed by atoms with Gasteiger partial charge in [0, 0.05) is 0 Å². The summed E-state index contributed by atoms with van der Waals surface area (Å²) in [7, 11) is -1.11. The third kappa shape index (κ3) is 30.5. The number of unbranched alkanes of at least 4 members (excludes halogenated alkanes) is 29. The first-order valence-corrected chi connectivity index (χ1v) is 23.6. The van der Waals surface area contributed by atoms with Crippen LogP contribution in [0.2, 0.25) is 0 Å². The van der Waals surface area contributed by atoms with E-state index in [9.17, 15) is 0 Å². The van der Waals surface area contributed by atoms with Gasteiger partial charge in [0.15, 0.2) is 0 Å². The number of hydrogen-bond donors (Lipinski definition) is 0. The summed E-state index contributed by atoms with van der Waals surface area (Å²) >= 11 is 0. The van der Waals surface area contributed by atoms with Crippen molar-refractivity contribution in [3.63, 3.8) is 0 Å². The molecule has 1 heteroatoms. The maximum atomic E-state index is 2.36. The summed E-state index contributed by atoms with van der Waals surface area (Å²) in [6.07, 6.45) is 55.9. The molecule has 0 radical (unpaired) electrons. The van der Waals surface area contributed by atoms with Crippen LogP contribution in [-0.2, 0) is 0 Å². The quantitative estimate of drug-likeness (QED) is 0.0485. The van der Waals surface area contributed by atoms with E-state index in [2.05, 4.69) is 27.7 Å². The zero-order valence-electron chi connectivity index (χ0n) is 30.7. The van der Waals surface area contributed by atoms with E-state index in [-0.39, 0.29) is 0 Å². The number of rotatable bonds is 37. The standard InChI is InChI=1S/C41H87P/c1-5-9-13-17-21-22-23-24-25-26-27-28-29-33-37-41-42(38-34-30-18-14-10-6-2,39-35-31-19-15-11-7-3)40-36-32-20-16-12-8-4/h42H,5-41H2,1-4H3. The van der Waals surface area contributed by atoms with E-state index in [0.29, 0.717) is 0 Å². The van der Waals surface area contributed by atoms with E-state index in [4.69, 9.17) is 0 Å². The van der Waals surface area contributed by atoms with E-state index < -0.39 is 7.26 Å². The molecular weight excluding hydrogens is 523 g/mol. The van der Waals surface area contributed by atoms with Gasteiger partial charge in [-0.15, -0.1) is 0 Å². The summed E-state index contributed by atoms with van der Waals surface area (Å²) < 4.78 is 0. The van der Waals surface area contributed by atoms with Crippen LogP contribution in [0, 0.1) is 0 Å². The molecule has 0 fully saturated rings. The Labute approximate surface area is 270 Å². The van der Waals surface area contributed by atoms with E-state index in [0.717, 1.165) is 0 Å².